The molecule has 0 spiro atoms. The molecule has 0 aliphatic carbocycles. The molecule has 222 valence electrons. The summed E-state index contributed by atoms with van der Waals surface area (Å²) >= 11 is 2.06. The Bertz CT molecular complexity index is 539. The molecule has 0 aromatic carbocycles. The minimum atomic E-state index is -2.33. The number of hydrogen-bond donors (Lipinski definition) is 1. The minimum Gasteiger partial charge on any atom is -0.462 e. The zero-order valence-electron chi connectivity index (χ0n) is 24.5. The van der Waals surface area contributed by atoms with Crippen LogP contribution in [0.1, 0.15) is 137 Å². The molecule has 1 N–H and O–H groups in total. The fourth-order valence-electron chi connectivity index (χ4n) is 4.27. The molecule has 0 aliphatic rings. The van der Waals surface area contributed by atoms with Crippen molar-refractivity contribution >= 4 is 26.2 Å². The number of rotatable bonds is 28. The number of thioether (sulfide) groups is 1. The van der Waals surface area contributed by atoms with Gasteiger partial charge in [0.1, 0.15) is 8.46 Å². The molecular formula is C29H59O6PS. The van der Waals surface area contributed by atoms with Gasteiger partial charge >= 0.3 is 11.5 Å². The second kappa shape index (κ2) is 26.2. The van der Waals surface area contributed by atoms with Crippen LogP contribution < -0.4 is 0 Å². The van der Waals surface area contributed by atoms with E-state index in [0.29, 0.717) is 18.3 Å². The first-order chi connectivity index (χ1) is 17.9. The number of carbonyl (C=O) groups excluding carboxylic acids is 1. The second-order valence-corrected chi connectivity index (χ2v) is 12.5. The Labute approximate surface area is 233 Å². The van der Waals surface area contributed by atoms with Crippen molar-refractivity contribution in [2.45, 2.75) is 154 Å². The number of aliphatic hydroxyl groups is 1. The van der Waals surface area contributed by atoms with Crippen LogP contribution in [0.3, 0.4) is 0 Å². The van der Waals surface area contributed by atoms with E-state index in [0.717, 1.165) is 0 Å². The lowest BCUT2D eigenvalue weighted by atomic mass is 10.1. The van der Waals surface area contributed by atoms with Gasteiger partial charge in [-0.05, 0) is 38.9 Å². The summed E-state index contributed by atoms with van der Waals surface area (Å²) in [6.07, 6.45) is 21.8. The number of carbonyl (C=O) groups is 1. The van der Waals surface area contributed by atoms with Crippen LogP contribution in [-0.4, -0.2) is 53.5 Å². The average Bonchev–Trinajstić information content (AvgIpc) is 2.90. The zero-order valence-corrected chi connectivity index (χ0v) is 26.4. The molecular weight excluding hydrogens is 507 g/mol. The summed E-state index contributed by atoms with van der Waals surface area (Å²) in [6.45, 7) is 8.97. The van der Waals surface area contributed by atoms with Crippen LogP contribution in [0, 0.1) is 0 Å². The first-order valence-electron chi connectivity index (χ1n) is 15.2. The molecule has 0 rings (SSSR count). The molecule has 0 radical (unpaired) electrons. The van der Waals surface area contributed by atoms with Gasteiger partial charge in [0.15, 0.2) is 0 Å². The molecule has 0 aromatic rings. The van der Waals surface area contributed by atoms with Gasteiger partial charge in [-0.25, -0.2) is 4.79 Å². The summed E-state index contributed by atoms with van der Waals surface area (Å²) in [5, 5.41) is 10.6. The number of esters is 1. The van der Waals surface area contributed by atoms with E-state index >= 15 is 0 Å². The highest BCUT2D eigenvalue weighted by Crippen LogP contribution is 2.26. The smallest absolute Gasteiger partial charge is 0.374 e. The lowest BCUT2D eigenvalue weighted by Crippen LogP contribution is -2.38. The van der Waals surface area contributed by atoms with Gasteiger partial charge in [-0.3, -0.25) is 0 Å². The standard InChI is InChI=1S/C29H59O6PS/c1-5-8-10-12-14-16-18-20-25-37-27(22-19-17-15-13-11-9-6-2)26(4)34-23-21-24-35-29(31,36-32)28(30)33-7-3/h26-27,31H,5-25,36H2,1-4H3. The van der Waals surface area contributed by atoms with Crippen molar-refractivity contribution in [1.82, 2.24) is 0 Å². The molecule has 0 amide bonds. The van der Waals surface area contributed by atoms with Crippen molar-refractivity contribution in [3.05, 3.63) is 0 Å². The molecule has 4 atom stereocenters. The molecule has 0 bridgehead atoms. The van der Waals surface area contributed by atoms with E-state index in [9.17, 15) is 14.5 Å². The zero-order chi connectivity index (χ0) is 27.6. The highest BCUT2D eigenvalue weighted by atomic mass is 32.2. The molecule has 37 heavy (non-hydrogen) atoms. The molecule has 0 fully saturated rings. The van der Waals surface area contributed by atoms with E-state index in [-0.39, 0.29) is 19.3 Å². The van der Waals surface area contributed by atoms with Gasteiger partial charge in [0.25, 0.3) is 0 Å². The van der Waals surface area contributed by atoms with Gasteiger partial charge in [-0.2, -0.15) is 11.8 Å². The third-order valence-electron chi connectivity index (χ3n) is 6.66. The van der Waals surface area contributed by atoms with Crippen molar-refractivity contribution in [2.24, 2.45) is 0 Å². The topological polar surface area (TPSA) is 82.1 Å². The van der Waals surface area contributed by atoms with Gasteiger partial charge in [-0.15, -0.1) is 0 Å². The summed E-state index contributed by atoms with van der Waals surface area (Å²) in [6, 6.07) is 0. The molecule has 4 unspecified atom stereocenters. The Balaban J connectivity index is 4.36. The highest BCUT2D eigenvalue weighted by molar-refractivity contribution is 7.99. The van der Waals surface area contributed by atoms with Crippen LogP contribution in [0.4, 0.5) is 0 Å². The van der Waals surface area contributed by atoms with Crippen molar-refractivity contribution < 1.29 is 28.7 Å². The summed E-state index contributed by atoms with van der Waals surface area (Å²) in [7, 11) is -1.86. The minimum absolute atomic E-state index is 0.0884. The summed E-state index contributed by atoms with van der Waals surface area (Å²) in [5.74, 6) is 0.201. The summed E-state index contributed by atoms with van der Waals surface area (Å²) in [4.78, 5) is 11.8. The monoisotopic (exact) mass is 566 g/mol. The lowest BCUT2D eigenvalue weighted by molar-refractivity contribution is -0.196. The normalized spacial score (nSPS) is 15.2. The van der Waals surface area contributed by atoms with Crippen LogP contribution in [0.5, 0.6) is 0 Å². The van der Waals surface area contributed by atoms with Crippen LogP contribution in [0.15, 0.2) is 0 Å². The van der Waals surface area contributed by atoms with E-state index < -0.39 is 20.0 Å². The van der Waals surface area contributed by atoms with Crippen LogP contribution in [0.2, 0.25) is 0 Å². The van der Waals surface area contributed by atoms with Gasteiger partial charge in [0.05, 0.1) is 19.3 Å². The van der Waals surface area contributed by atoms with Gasteiger partial charge in [-0.1, -0.05) is 104 Å². The van der Waals surface area contributed by atoms with Crippen molar-refractivity contribution in [2.75, 3.05) is 25.6 Å². The molecule has 0 saturated carbocycles. The SMILES string of the molecule is CCCCCCCCCCSC(CCCCCCCCC)C(C)OCCCOC(O)([PH2]=O)C(=O)OCC. The molecule has 0 heterocycles. The first kappa shape index (κ1) is 36.9. The Morgan fingerprint density at radius 2 is 1.35 bits per heavy atom. The van der Waals surface area contributed by atoms with Gasteiger partial charge in [0, 0.05) is 11.9 Å². The average molecular weight is 567 g/mol. The van der Waals surface area contributed by atoms with Gasteiger partial charge in [0.2, 0.25) is 0 Å². The van der Waals surface area contributed by atoms with E-state index in [4.69, 9.17) is 14.2 Å². The second-order valence-electron chi connectivity index (χ2n) is 10.1. The number of hydrogen-bond acceptors (Lipinski definition) is 7. The maximum atomic E-state index is 11.8. The molecule has 0 aliphatic heterocycles. The molecule has 8 heteroatoms. The van der Waals surface area contributed by atoms with Crippen LogP contribution in [-0.2, 0) is 23.6 Å². The van der Waals surface area contributed by atoms with Crippen molar-refractivity contribution in [1.29, 1.82) is 0 Å². The fourth-order valence-corrected chi connectivity index (χ4v) is 5.99. The fraction of sp³-hybridized carbons (Fsp3) is 0.966. The van der Waals surface area contributed by atoms with Crippen LogP contribution >= 0.6 is 20.2 Å². The first-order valence-corrected chi connectivity index (χ1v) is 17.3. The summed E-state index contributed by atoms with van der Waals surface area (Å²) < 4.78 is 27.4. The molecule has 0 aromatic heterocycles. The lowest BCUT2D eigenvalue weighted by Gasteiger charge is -2.25. The van der Waals surface area contributed by atoms with Crippen molar-refractivity contribution in [3.8, 4) is 0 Å². The highest BCUT2D eigenvalue weighted by Gasteiger charge is 2.38. The Morgan fingerprint density at radius 1 is 0.811 bits per heavy atom. The number of unbranched alkanes of at least 4 members (excludes halogenated alkanes) is 13. The molecule has 0 saturated heterocycles. The van der Waals surface area contributed by atoms with E-state index in [1.54, 1.807) is 6.92 Å². The van der Waals surface area contributed by atoms with E-state index in [2.05, 4.69) is 32.5 Å². The maximum Gasteiger partial charge on any atom is 0.374 e. The quantitative estimate of drug-likeness (QED) is 0.0443. The van der Waals surface area contributed by atoms with E-state index in [1.165, 1.54) is 108 Å². The Kier molecular flexibility index (Phi) is 26.1. The number of ether oxygens (including phenoxy) is 3. The Hall–Kier alpha value is -0.0700. The summed E-state index contributed by atoms with van der Waals surface area (Å²) in [5.41, 5.74) is -2.33. The Morgan fingerprint density at radius 3 is 1.89 bits per heavy atom. The van der Waals surface area contributed by atoms with Gasteiger partial charge < -0.3 is 23.9 Å². The maximum absolute atomic E-state index is 11.8. The largest absolute Gasteiger partial charge is 0.462 e. The third-order valence-corrected chi connectivity index (χ3v) is 8.96. The van der Waals surface area contributed by atoms with Crippen LogP contribution in [0.25, 0.3) is 0 Å². The van der Waals surface area contributed by atoms with Crippen molar-refractivity contribution in [3.63, 3.8) is 0 Å². The predicted octanol–water partition coefficient (Wildman–Crippen LogP) is 8.15. The third kappa shape index (κ3) is 20.5. The van der Waals surface area contributed by atoms with E-state index in [1.807, 2.05) is 0 Å². The predicted molar refractivity (Wildman–Crippen MR) is 159 cm³/mol. The molecule has 6 nitrogen and oxygen atoms in total.